The van der Waals surface area contributed by atoms with Crippen LogP contribution in [0.2, 0.25) is 0 Å². The largest absolute Gasteiger partial charge is 0.327 e. The topological polar surface area (TPSA) is 38.9 Å². The van der Waals surface area contributed by atoms with Crippen molar-refractivity contribution in [1.82, 2.24) is 4.98 Å². The predicted octanol–water partition coefficient (Wildman–Crippen LogP) is 1.17. The van der Waals surface area contributed by atoms with E-state index in [1.54, 1.807) is 12.4 Å². The van der Waals surface area contributed by atoms with Crippen LogP contribution in [0.15, 0.2) is 24.5 Å². The highest BCUT2D eigenvalue weighted by Crippen LogP contribution is 1.92. The summed E-state index contributed by atoms with van der Waals surface area (Å²) in [6.45, 7) is 1.94. The SMILES string of the molecule is CC(N)CC#Cc1cccnc1. The molecule has 0 aliphatic heterocycles. The Hall–Kier alpha value is -1.33. The molecule has 0 amide bonds. The van der Waals surface area contributed by atoms with Gasteiger partial charge in [0.1, 0.15) is 0 Å². The summed E-state index contributed by atoms with van der Waals surface area (Å²) in [5.41, 5.74) is 6.48. The van der Waals surface area contributed by atoms with Gasteiger partial charge in [0, 0.05) is 30.4 Å². The lowest BCUT2D eigenvalue weighted by Crippen LogP contribution is -2.12. The van der Waals surface area contributed by atoms with Gasteiger partial charge in [-0.2, -0.15) is 0 Å². The predicted molar refractivity (Wildman–Crippen MR) is 49.4 cm³/mol. The van der Waals surface area contributed by atoms with Gasteiger partial charge in [-0.05, 0) is 19.1 Å². The molecule has 1 rings (SSSR count). The first-order valence-electron chi connectivity index (χ1n) is 3.93. The number of aromatic nitrogens is 1. The molecule has 62 valence electrons. The van der Waals surface area contributed by atoms with Crippen LogP contribution < -0.4 is 5.73 Å². The zero-order chi connectivity index (χ0) is 8.81. The second kappa shape index (κ2) is 4.53. The molecule has 0 aliphatic carbocycles. The van der Waals surface area contributed by atoms with Gasteiger partial charge in [-0.15, -0.1) is 0 Å². The van der Waals surface area contributed by atoms with Crippen molar-refractivity contribution in [2.45, 2.75) is 19.4 Å². The third kappa shape index (κ3) is 3.18. The molecular formula is C10H12N2. The highest BCUT2D eigenvalue weighted by molar-refractivity contribution is 5.31. The Bertz CT molecular complexity index is 280. The molecular weight excluding hydrogens is 148 g/mol. The molecule has 0 aliphatic rings. The van der Waals surface area contributed by atoms with Crippen LogP contribution in [-0.4, -0.2) is 11.0 Å². The van der Waals surface area contributed by atoms with Crippen molar-refractivity contribution in [3.05, 3.63) is 30.1 Å². The molecule has 0 saturated heterocycles. The van der Waals surface area contributed by atoms with Crippen LogP contribution in [0.25, 0.3) is 0 Å². The molecule has 1 aromatic heterocycles. The van der Waals surface area contributed by atoms with Gasteiger partial charge < -0.3 is 5.73 Å². The molecule has 0 saturated carbocycles. The number of rotatable bonds is 1. The summed E-state index contributed by atoms with van der Waals surface area (Å²) in [6.07, 6.45) is 4.21. The van der Waals surface area contributed by atoms with E-state index >= 15 is 0 Å². The molecule has 1 atom stereocenters. The summed E-state index contributed by atoms with van der Waals surface area (Å²) in [4.78, 5) is 3.95. The zero-order valence-electron chi connectivity index (χ0n) is 7.12. The maximum Gasteiger partial charge on any atom is 0.0428 e. The number of hydrogen-bond acceptors (Lipinski definition) is 2. The molecule has 2 heteroatoms. The minimum absolute atomic E-state index is 0.147. The molecule has 0 radical (unpaired) electrons. The third-order valence-corrected chi connectivity index (χ3v) is 1.32. The van der Waals surface area contributed by atoms with Gasteiger partial charge in [0.25, 0.3) is 0 Å². The normalized spacial score (nSPS) is 11.5. The smallest absolute Gasteiger partial charge is 0.0428 e. The van der Waals surface area contributed by atoms with E-state index < -0.39 is 0 Å². The molecule has 0 aromatic carbocycles. The fourth-order valence-corrected chi connectivity index (χ4v) is 0.751. The van der Waals surface area contributed by atoms with E-state index in [0.717, 1.165) is 12.0 Å². The monoisotopic (exact) mass is 160 g/mol. The molecule has 12 heavy (non-hydrogen) atoms. The Balaban J connectivity index is 2.55. The molecule has 2 N–H and O–H groups in total. The zero-order valence-corrected chi connectivity index (χ0v) is 7.12. The standard InChI is InChI=1S/C10H12N2/c1-9(11)4-2-5-10-6-3-7-12-8-10/h3,6-9H,4,11H2,1H3. The summed E-state index contributed by atoms with van der Waals surface area (Å²) >= 11 is 0. The minimum Gasteiger partial charge on any atom is -0.327 e. The molecule has 0 fully saturated rings. The van der Waals surface area contributed by atoms with Crippen LogP contribution in [0.3, 0.4) is 0 Å². The van der Waals surface area contributed by atoms with Gasteiger partial charge >= 0.3 is 0 Å². The van der Waals surface area contributed by atoms with Crippen molar-refractivity contribution in [3.8, 4) is 11.8 Å². The van der Waals surface area contributed by atoms with Gasteiger partial charge in [-0.3, -0.25) is 4.98 Å². The van der Waals surface area contributed by atoms with E-state index in [1.807, 2.05) is 19.1 Å². The van der Waals surface area contributed by atoms with E-state index in [2.05, 4.69) is 16.8 Å². The van der Waals surface area contributed by atoms with Crippen LogP contribution in [0.1, 0.15) is 18.9 Å². The Kier molecular flexibility index (Phi) is 3.31. The van der Waals surface area contributed by atoms with Crippen LogP contribution in [-0.2, 0) is 0 Å². The lowest BCUT2D eigenvalue weighted by Gasteiger charge is -1.93. The second-order valence-electron chi connectivity index (χ2n) is 2.72. The Morgan fingerprint density at radius 3 is 3.08 bits per heavy atom. The highest BCUT2D eigenvalue weighted by atomic mass is 14.6. The number of nitrogens with zero attached hydrogens (tertiary/aromatic N) is 1. The maximum absolute atomic E-state index is 5.54. The molecule has 2 nitrogen and oxygen atoms in total. The highest BCUT2D eigenvalue weighted by Gasteiger charge is 1.86. The first kappa shape index (κ1) is 8.76. The summed E-state index contributed by atoms with van der Waals surface area (Å²) in [7, 11) is 0. The average molecular weight is 160 g/mol. The van der Waals surface area contributed by atoms with Gasteiger partial charge in [0.2, 0.25) is 0 Å². The maximum atomic E-state index is 5.54. The van der Waals surface area contributed by atoms with Crippen molar-refractivity contribution >= 4 is 0 Å². The van der Waals surface area contributed by atoms with Gasteiger partial charge in [0.05, 0.1) is 0 Å². The van der Waals surface area contributed by atoms with Gasteiger partial charge in [0.15, 0.2) is 0 Å². The van der Waals surface area contributed by atoms with E-state index in [1.165, 1.54) is 0 Å². The van der Waals surface area contributed by atoms with E-state index in [0.29, 0.717) is 0 Å². The lowest BCUT2D eigenvalue weighted by atomic mass is 10.2. The number of nitrogens with two attached hydrogens (primary N) is 1. The van der Waals surface area contributed by atoms with Crippen LogP contribution >= 0.6 is 0 Å². The molecule has 0 spiro atoms. The van der Waals surface area contributed by atoms with Crippen molar-refractivity contribution in [2.75, 3.05) is 0 Å². The first-order valence-corrected chi connectivity index (χ1v) is 3.93. The van der Waals surface area contributed by atoms with Crippen LogP contribution in [0, 0.1) is 11.8 Å². The van der Waals surface area contributed by atoms with Crippen LogP contribution in [0.4, 0.5) is 0 Å². The average Bonchev–Trinajstić information content (AvgIpc) is 2.05. The van der Waals surface area contributed by atoms with Crippen molar-refractivity contribution < 1.29 is 0 Å². The van der Waals surface area contributed by atoms with Crippen molar-refractivity contribution in [3.63, 3.8) is 0 Å². The lowest BCUT2D eigenvalue weighted by molar-refractivity contribution is 0.771. The summed E-state index contributed by atoms with van der Waals surface area (Å²) in [5.74, 6) is 5.97. The van der Waals surface area contributed by atoms with Crippen molar-refractivity contribution in [1.29, 1.82) is 0 Å². The second-order valence-corrected chi connectivity index (χ2v) is 2.72. The summed E-state index contributed by atoms with van der Waals surface area (Å²) in [6, 6.07) is 3.95. The summed E-state index contributed by atoms with van der Waals surface area (Å²) < 4.78 is 0. The fourth-order valence-electron chi connectivity index (χ4n) is 0.751. The van der Waals surface area contributed by atoms with Crippen LogP contribution in [0.5, 0.6) is 0 Å². The summed E-state index contributed by atoms with van der Waals surface area (Å²) in [5, 5.41) is 0. The molecule has 1 aromatic rings. The molecule has 1 heterocycles. The quantitative estimate of drug-likeness (QED) is 0.626. The Morgan fingerprint density at radius 1 is 1.67 bits per heavy atom. The Morgan fingerprint density at radius 2 is 2.50 bits per heavy atom. The molecule has 0 bridgehead atoms. The van der Waals surface area contributed by atoms with Gasteiger partial charge in [-0.25, -0.2) is 0 Å². The first-order chi connectivity index (χ1) is 5.79. The van der Waals surface area contributed by atoms with E-state index in [9.17, 15) is 0 Å². The molecule has 1 unspecified atom stereocenters. The van der Waals surface area contributed by atoms with E-state index in [-0.39, 0.29) is 6.04 Å². The fraction of sp³-hybridized carbons (Fsp3) is 0.300. The number of hydrogen-bond donors (Lipinski definition) is 1. The van der Waals surface area contributed by atoms with Crippen molar-refractivity contribution in [2.24, 2.45) is 5.73 Å². The Labute approximate surface area is 72.8 Å². The van der Waals surface area contributed by atoms with Gasteiger partial charge in [-0.1, -0.05) is 11.8 Å². The minimum atomic E-state index is 0.147. The number of pyridine rings is 1. The third-order valence-electron chi connectivity index (χ3n) is 1.32. The van der Waals surface area contributed by atoms with E-state index in [4.69, 9.17) is 5.73 Å².